The van der Waals surface area contributed by atoms with Crippen LogP contribution in [0.4, 0.5) is 0 Å². The van der Waals surface area contributed by atoms with Gasteiger partial charge in [-0.25, -0.2) is 0 Å². The molecule has 0 aliphatic heterocycles. The minimum absolute atomic E-state index is 0.0146. The number of pyridine rings is 1. The van der Waals surface area contributed by atoms with Crippen LogP contribution < -0.4 is 24.8 Å². The quantitative estimate of drug-likeness (QED) is 0.621. The zero-order valence-corrected chi connectivity index (χ0v) is 18.8. The third-order valence-electron chi connectivity index (χ3n) is 5.87. The Labute approximate surface area is 188 Å². The fourth-order valence-corrected chi connectivity index (χ4v) is 4.00. The first kappa shape index (κ1) is 23.4. The van der Waals surface area contributed by atoms with E-state index in [0.29, 0.717) is 41.8 Å². The molecule has 3 rings (SSSR count). The number of benzene rings is 1. The third kappa shape index (κ3) is 5.90. The van der Waals surface area contributed by atoms with E-state index in [0.717, 1.165) is 31.4 Å². The maximum atomic E-state index is 12.7. The molecule has 2 N–H and O–H groups in total. The van der Waals surface area contributed by atoms with Crippen molar-refractivity contribution in [2.75, 3.05) is 27.9 Å². The lowest BCUT2D eigenvalue weighted by atomic mass is 9.81. The Morgan fingerprint density at radius 2 is 1.66 bits per heavy atom. The molecule has 2 amide bonds. The molecule has 1 aromatic carbocycles. The maximum Gasteiger partial charge on any atom is 0.251 e. The van der Waals surface area contributed by atoms with E-state index < -0.39 is 0 Å². The van der Waals surface area contributed by atoms with Gasteiger partial charge in [-0.15, -0.1) is 0 Å². The smallest absolute Gasteiger partial charge is 0.251 e. The highest BCUT2D eigenvalue weighted by Gasteiger charge is 2.26. The fourth-order valence-electron chi connectivity index (χ4n) is 4.00. The van der Waals surface area contributed by atoms with E-state index in [9.17, 15) is 9.59 Å². The third-order valence-corrected chi connectivity index (χ3v) is 5.87. The van der Waals surface area contributed by atoms with Gasteiger partial charge in [0.25, 0.3) is 5.91 Å². The first-order valence-corrected chi connectivity index (χ1v) is 10.8. The molecule has 0 unspecified atom stereocenters. The van der Waals surface area contributed by atoms with E-state index >= 15 is 0 Å². The Morgan fingerprint density at radius 1 is 0.969 bits per heavy atom. The van der Waals surface area contributed by atoms with Crippen LogP contribution in [0, 0.1) is 11.8 Å². The molecule has 172 valence electrons. The highest BCUT2D eigenvalue weighted by Crippen LogP contribution is 2.38. The molecule has 32 heavy (non-hydrogen) atoms. The van der Waals surface area contributed by atoms with Gasteiger partial charge in [-0.1, -0.05) is 6.07 Å². The minimum Gasteiger partial charge on any atom is -0.493 e. The molecular formula is C24H31N3O5. The number of nitrogens with one attached hydrogen (secondary N) is 2. The topological polar surface area (TPSA) is 98.8 Å². The van der Waals surface area contributed by atoms with Crippen LogP contribution >= 0.6 is 0 Å². The summed E-state index contributed by atoms with van der Waals surface area (Å²) in [5.41, 5.74) is 1.30. The van der Waals surface area contributed by atoms with E-state index in [-0.39, 0.29) is 17.7 Å². The maximum absolute atomic E-state index is 12.7. The lowest BCUT2D eigenvalue weighted by Gasteiger charge is -2.28. The fraction of sp³-hybridized carbons (Fsp3) is 0.458. The SMILES string of the molecule is COc1cc(C(=O)NCC2CCC(C(=O)NCc3ccccn3)CC2)cc(OC)c1OC. The highest BCUT2D eigenvalue weighted by molar-refractivity contribution is 5.95. The van der Waals surface area contributed by atoms with Gasteiger partial charge in [0.05, 0.1) is 33.6 Å². The predicted molar refractivity (Wildman–Crippen MR) is 120 cm³/mol. The second kappa shape index (κ2) is 11.4. The molecule has 1 aliphatic rings. The van der Waals surface area contributed by atoms with Gasteiger partial charge in [0.1, 0.15) is 0 Å². The van der Waals surface area contributed by atoms with Crippen LogP contribution in [0.15, 0.2) is 36.5 Å². The summed E-state index contributed by atoms with van der Waals surface area (Å²) in [6, 6.07) is 8.94. The first-order valence-electron chi connectivity index (χ1n) is 10.8. The summed E-state index contributed by atoms with van der Waals surface area (Å²) in [7, 11) is 4.56. The Morgan fingerprint density at radius 3 is 2.22 bits per heavy atom. The molecule has 8 nitrogen and oxygen atoms in total. The van der Waals surface area contributed by atoms with Crippen LogP contribution in [-0.2, 0) is 11.3 Å². The molecule has 1 heterocycles. The molecule has 1 fully saturated rings. The molecule has 0 bridgehead atoms. The molecule has 0 saturated heterocycles. The number of hydrogen-bond donors (Lipinski definition) is 2. The molecule has 0 radical (unpaired) electrons. The number of carbonyl (C=O) groups excluding carboxylic acids is 2. The molecule has 1 saturated carbocycles. The van der Waals surface area contributed by atoms with Crippen molar-refractivity contribution >= 4 is 11.8 Å². The molecular weight excluding hydrogens is 410 g/mol. The van der Waals surface area contributed by atoms with Crippen molar-refractivity contribution in [1.82, 2.24) is 15.6 Å². The number of carbonyl (C=O) groups is 2. The van der Waals surface area contributed by atoms with Gasteiger partial charge in [0, 0.05) is 24.2 Å². The van der Waals surface area contributed by atoms with E-state index in [1.54, 1.807) is 18.3 Å². The molecule has 0 spiro atoms. The van der Waals surface area contributed by atoms with Gasteiger partial charge >= 0.3 is 0 Å². The van der Waals surface area contributed by atoms with Gasteiger partial charge in [-0.2, -0.15) is 0 Å². The summed E-state index contributed by atoms with van der Waals surface area (Å²) in [6.07, 6.45) is 5.16. The van der Waals surface area contributed by atoms with Crippen molar-refractivity contribution in [1.29, 1.82) is 0 Å². The summed E-state index contributed by atoms with van der Waals surface area (Å²) in [5, 5.41) is 5.98. The van der Waals surface area contributed by atoms with Crippen LogP contribution in [0.3, 0.4) is 0 Å². The Hall–Kier alpha value is -3.29. The first-order chi connectivity index (χ1) is 15.5. The van der Waals surface area contributed by atoms with Crippen molar-refractivity contribution in [3.8, 4) is 17.2 Å². The zero-order chi connectivity index (χ0) is 22.9. The number of ether oxygens (including phenoxy) is 3. The Kier molecular flexibility index (Phi) is 8.30. The average Bonchev–Trinajstić information content (AvgIpc) is 2.85. The number of amides is 2. The average molecular weight is 442 g/mol. The van der Waals surface area contributed by atoms with Crippen LogP contribution in [-0.4, -0.2) is 44.7 Å². The summed E-state index contributed by atoms with van der Waals surface area (Å²) < 4.78 is 15.9. The second-order valence-corrected chi connectivity index (χ2v) is 7.88. The van der Waals surface area contributed by atoms with Crippen molar-refractivity contribution in [2.45, 2.75) is 32.2 Å². The van der Waals surface area contributed by atoms with Crippen LogP contribution in [0.1, 0.15) is 41.7 Å². The largest absolute Gasteiger partial charge is 0.493 e. The number of nitrogens with zero attached hydrogens (tertiary/aromatic N) is 1. The molecule has 8 heteroatoms. The van der Waals surface area contributed by atoms with Crippen molar-refractivity contribution in [2.24, 2.45) is 11.8 Å². The van der Waals surface area contributed by atoms with Gasteiger partial charge in [-0.05, 0) is 55.9 Å². The molecule has 2 aromatic rings. The lowest BCUT2D eigenvalue weighted by molar-refractivity contribution is -0.126. The lowest BCUT2D eigenvalue weighted by Crippen LogP contribution is -2.36. The summed E-state index contributed by atoms with van der Waals surface area (Å²) in [5.74, 6) is 1.58. The second-order valence-electron chi connectivity index (χ2n) is 7.88. The van der Waals surface area contributed by atoms with Gasteiger partial charge in [0.2, 0.25) is 11.7 Å². The van der Waals surface area contributed by atoms with Crippen molar-refractivity contribution in [3.63, 3.8) is 0 Å². The van der Waals surface area contributed by atoms with E-state index in [1.165, 1.54) is 21.3 Å². The number of rotatable bonds is 9. The minimum atomic E-state index is -0.195. The highest BCUT2D eigenvalue weighted by atomic mass is 16.5. The predicted octanol–water partition coefficient (Wildman–Crippen LogP) is 2.96. The normalized spacial score (nSPS) is 17.8. The van der Waals surface area contributed by atoms with Crippen LogP contribution in [0.5, 0.6) is 17.2 Å². The van der Waals surface area contributed by atoms with Gasteiger partial charge in [0.15, 0.2) is 11.5 Å². The van der Waals surface area contributed by atoms with Crippen LogP contribution in [0.25, 0.3) is 0 Å². The Balaban J connectivity index is 1.46. The molecule has 1 aliphatic carbocycles. The molecule has 0 atom stereocenters. The van der Waals surface area contributed by atoms with Gasteiger partial charge in [-0.3, -0.25) is 14.6 Å². The Bertz CT molecular complexity index is 886. The number of hydrogen-bond acceptors (Lipinski definition) is 6. The summed E-state index contributed by atoms with van der Waals surface area (Å²) >= 11 is 0. The van der Waals surface area contributed by atoms with E-state index in [1.807, 2.05) is 18.2 Å². The standard InChI is InChI=1S/C24H31N3O5/c1-30-20-12-18(13-21(31-2)22(20)32-3)24(29)26-14-16-7-9-17(10-8-16)23(28)27-15-19-6-4-5-11-25-19/h4-6,11-13,16-17H,7-10,14-15H2,1-3H3,(H,26,29)(H,27,28). The van der Waals surface area contributed by atoms with E-state index in [2.05, 4.69) is 15.6 Å². The summed E-state index contributed by atoms with van der Waals surface area (Å²) in [4.78, 5) is 29.4. The zero-order valence-electron chi connectivity index (χ0n) is 18.8. The monoisotopic (exact) mass is 441 g/mol. The van der Waals surface area contributed by atoms with Crippen LogP contribution in [0.2, 0.25) is 0 Å². The molecule has 1 aromatic heterocycles. The van der Waals surface area contributed by atoms with Gasteiger partial charge < -0.3 is 24.8 Å². The number of methoxy groups -OCH3 is 3. The van der Waals surface area contributed by atoms with Crippen molar-refractivity contribution in [3.05, 3.63) is 47.8 Å². The van der Waals surface area contributed by atoms with Crippen molar-refractivity contribution < 1.29 is 23.8 Å². The number of aromatic nitrogens is 1. The summed E-state index contributed by atoms with van der Waals surface area (Å²) in [6.45, 7) is 1.02. The van der Waals surface area contributed by atoms with E-state index in [4.69, 9.17) is 14.2 Å².